The van der Waals surface area contributed by atoms with Gasteiger partial charge < -0.3 is 9.80 Å². The number of thiazole rings is 1. The summed E-state index contributed by atoms with van der Waals surface area (Å²) in [4.78, 5) is 21.0. The smallest absolute Gasteiger partial charge is 0.257 e. The second-order valence-corrected chi connectivity index (χ2v) is 7.63. The molecule has 1 amide bonds. The number of nitrogens with zero attached hydrogens (tertiary/aromatic N) is 5. The number of anilines is 1. The number of rotatable bonds is 3. The number of hydrogen-bond acceptors (Lipinski definition) is 5. The Hall–Kier alpha value is -2.48. The molecule has 2 aromatic heterocycles. The number of piperidine rings is 1. The van der Waals surface area contributed by atoms with Crippen molar-refractivity contribution in [1.82, 2.24) is 19.7 Å². The van der Waals surface area contributed by atoms with Gasteiger partial charge in [-0.1, -0.05) is 17.4 Å². The molecule has 8 heteroatoms. The summed E-state index contributed by atoms with van der Waals surface area (Å²) in [5.74, 6) is -0.278. The van der Waals surface area contributed by atoms with Crippen molar-refractivity contribution in [3.63, 3.8) is 0 Å². The predicted octanol–water partition coefficient (Wildman–Crippen LogP) is 2.91. The van der Waals surface area contributed by atoms with Crippen LogP contribution < -0.4 is 4.90 Å². The van der Waals surface area contributed by atoms with Crippen LogP contribution in [0.4, 0.5) is 9.52 Å². The lowest BCUT2D eigenvalue weighted by Gasteiger charge is -2.36. The Morgan fingerprint density at radius 3 is 2.77 bits per heavy atom. The largest absolute Gasteiger partial charge is 0.348 e. The van der Waals surface area contributed by atoms with Crippen molar-refractivity contribution in [2.45, 2.75) is 18.9 Å². The molecule has 3 heterocycles. The Balaban J connectivity index is 1.43. The van der Waals surface area contributed by atoms with Crippen molar-refractivity contribution in [3.8, 4) is 0 Å². The van der Waals surface area contributed by atoms with Crippen LogP contribution in [0.5, 0.6) is 0 Å². The van der Waals surface area contributed by atoms with Crippen LogP contribution in [0.15, 0.2) is 30.6 Å². The molecule has 0 aliphatic carbocycles. The topological polar surface area (TPSA) is 54.3 Å². The molecular weight excluding hydrogens is 353 g/mol. The second-order valence-electron chi connectivity index (χ2n) is 6.62. The molecule has 1 aliphatic rings. The Morgan fingerprint density at radius 1 is 1.35 bits per heavy atom. The molecule has 1 saturated heterocycles. The Labute approximate surface area is 154 Å². The van der Waals surface area contributed by atoms with Gasteiger partial charge in [-0.15, -0.1) is 0 Å². The number of para-hydroxylation sites is 1. The van der Waals surface area contributed by atoms with Gasteiger partial charge in [-0.25, -0.2) is 9.37 Å². The zero-order valence-electron chi connectivity index (χ0n) is 14.7. The molecule has 4 rings (SSSR count). The maximum atomic E-state index is 13.9. The summed E-state index contributed by atoms with van der Waals surface area (Å²) in [5.41, 5.74) is 1.05. The molecule has 0 unspecified atom stereocenters. The molecule has 3 aromatic rings. The van der Waals surface area contributed by atoms with Gasteiger partial charge in [0.25, 0.3) is 5.91 Å². The first-order valence-electron chi connectivity index (χ1n) is 8.59. The van der Waals surface area contributed by atoms with Crippen LogP contribution in [0.2, 0.25) is 0 Å². The standard InChI is InChI=1S/C18H20FN5OS/c1-22-11-12(10-20-22)17(25)23(2)13-6-8-24(9-7-13)18-21-16-14(19)4-3-5-15(16)26-18/h3-5,10-11,13H,6-9H2,1-2H3. The fourth-order valence-corrected chi connectivity index (χ4v) is 4.42. The highest BCUT2D eigenvalue weighted by Gasteiger charge is 2.28. The van der Waals surface area contributed by atoms with E-state index in [1.165, 1.54) is 17.4 Å². The molecule has 0 N–H and O–H groups in total. The summed E-state index contributed by atoms with van der Waals surface area (Å²) in [5, 5.41) is 4.92. The highest BCUT2D eigenvalue weighted by molar-refractivity contribution is 7.22. The van der Waals surface area contributed by atoms with Gasteiger partial charge >= 0.3 is 0 Å². The Kier molecular flexibility index (Phi) is 4.36. The lowest BCUT2D eigenvalue weighted by Crippen LogP contribution is -2.45. The monoisotopic (exact) mass is 373 g/mol. The maximum absolute atomic E-state index is 13.9. The van der Waals surface area contributed by atoms with E-state index in [2.05, 4.69) is 15.0 Å². The summed E-state index contributed by atoms with van der Waals surface area (Å²) in [6, 6.07) is 5.24. The summed E-state index contributed by atoms with van der Waals surface area (Å²) in [6.07, 6.45) is 5.06. The second kappa shape index (κ2) is 6.68. The summed E-state index contributed by atoms with van der Waals surface area (Å²) in [7, 11) is 3.65. The molecular formula is C18H20FN5OS. The quantitative estimate of drug-likeness (QED) is 0.708. The number of aryl methyl sites for hydroxylation is 1. The third-order valence-corrected chi connectivity index (χ3v) is 5.99. The van der Waals surface area contributed by atoms with Gasteiger partial charge in [-0.2, -0.15) is 5.10 Å². The number of fused-ring (bicyclic) bond motifs is 1. The first-order chi connectivity index (χ1) is 12.5. The van der Waals surface area contributed by atoms with E-state index in [9.17, 15) is 9.18 Å². The van der Waals surface area contributed by atoms with Crippen molar-refractivity contribution in [2.75, 3.05) is 25.0 Å². The number of aromatic nitrogens is 3. The molecule has 26 heavy (non-hydrogen) atoms. The average Bonchev–Trinajstić information content (AvgIpc) is 3.28. The van der Waals surface area contributed by atoms with E-state index in [0.29, 0.717) is 11.1 Å². The minimum absolute atomic E-state index is 0.00129. The number of benzene rings is 1. The lowest BCUT2D eigenvalue weighted by molar-refractivity contribution is 0.0709. The van der Waals surface area contributed by atoms with Crippen molar-refractivity contribution >= 4 is 32.6 Å². The Morgan fingerprint density at radius 2 is 2.12 bits per heavy atom. The molecule has 0 saturated carbocycles. The summed E-state index contributed by atoms with van der Waals surface area (Å²) >= 11 is 1.52. The van der Waals surface area contributed by atoms with E-state index in [0.717, 1.165) is 35.8 Å². The highest BCUT2D eigenvalue weighted by atomic mass is 32.1. The van der Waals surface area contributed by atoms with Gasteiger partial charge in [-0.3, -0.25) is 9.48 Å². The molecule has 6 nitrogen and oxygen atoms in total. The van der Waals surface area contributed by atoms with Crippen LogP contribution in [-0.2, 0) is 7.05 Å². The van der Waals surface area contributed by atoms with Crippen LogP contribution >= 0.6 is 11.3 Å². The summed E-state index contributed by atoms with van der Waals surface area (Å²) < 4.78 is 16.4. The van der Waals surface area contributed by atoms with E-state index in [1.54, 1.807) is 30.2 Å². The van der Waals surface area contributed by atoms with Gasteiger partial charge in [-0.05, 0) is 25.0 Å². The number of hydrogen-bond donors (Lipinski definition) is 0. The van der Waals surface area contributed by atoms with E-state index in [4.69, 9.17) is 0 Å². The van der Waals surface area contributed by atoms with Crippen molar-refractivity contribution < 1.29 is 9.18 Å². The van der Waals surface area contributed by atoms with Gasteiger partial charge in [0.15, 0.2) is 5.13 Å². The van der Waals surface area contributed by atoms with Crippen molar-refractivity contribution in [3.05, 3.63) is 42.0 Å². The fraction of sp³-hybridized carbons (Fsp3) is 0.389. The highest BCUT2D eigenvalue weighted by Crippen LogP contribution is 2.32. The van der Waals surface area contributed by atoms with Crippen LogP contribution in [0, 0.1) is 5.82 Å². The molecule has 1 aromatic carbocycles. The summed E-state index contributed by atoms with van der Waals surface area (Å²) in [6.45, 7) is 1.60. The van der Waals surface area contributed by atoms with Crippen molar-refractivity contribution in [1.29, 1.82) is 0 Å². The van der Waals surface area contributed by atoms with Gasteiger partial charge in [0, 0.05) is 39.4 Å². The van der Waals surface area contributed by atoms with E-state index >= 15 is 0 Å². The minimum atomic E-state index is -0.276. The minimum Gasteiger partial charge on any atom is -0.348 e. The zero-order chi connectivity index (χ0) is 18.3. The molecule has 0 bridgehead atoms. The first kappa shape index (κ1) is 17.0. The van der Waals surface area contributed by atoms with Gasteiger partial charge in [0.05, 0.1) is 16.5 Å². The molecule has 1 aliphatic heterocycles. The number of carbonyl (C=O) groups excluding carboxylic acids is 1. The number of amides is 1. The average molecular weight is 373 g/mol. The predicted molar refractivity (Wildman–Crippen MR) is 100 cm³/mol. The number of halogens is 1. The van der Waals surface area contributed by atoms with Crippen molar-refractivity contribution in [2.24, 2.45) is 7.05 Å². The molecule has 136 valence electrons. The van der Waals surface area contributed by atoms with E-state index in [1.807, 2.05) is 18.0 Å². The molecule has 1 fully saturated rings. The fourth-order valence-electron chi connectivity index (χ4n) is 3.38. The molecule has 0 radical (unpaired) electrons. The van der Waals surface area contributed by atoms with E-state index in [-0.39, 0.29) is 17.8 Å². The lowest BCUT2D eigenvalue weighted by atomic mass is 10.0. The zero-order valence-corrected chi connectivity index (χ0v) is 15.5. The van der Waals surface area contributed by atoms with Crippen LogP contribution in [0.1, 0.15) is 23.2 Å². The normalized spacial score (nSPS) is 15.6. The molecule has 0 atom stereocenters. The van der Waals surface area contributed by atoms with Crippen LogP contribution in [-0.4, -0.2) is 51.8 Å². The van der Waals surface area contributed by atoms with E-state index < -0.39 is 0 Å². The number of carbonyl (C=O) groups is 1. The molecule has 0 spiro atoms. The SMILES string of the molecule is CN(C(=O)c1cnn(C)c1)C1CCN(c2nc3c(F)cccc3s2)CC1. The third-order valence-electron chi connectivity index (χ3n) is 4.91. The van der Waals surface area contributed by atoms with Gasteiger partial charge in [0.2, 0.25) is 0 Å². The maximum Gasteiger partial charge on any atom is 0.257 e. The third kappa shape index (κ3) is 3.05. The van der Waals surface area contributed by atoms with Crippen LogP contribution in [0.3, 0.4) is 0 Å². The first-order valence-corrected chi connectivity index (χ1v) is 9.40. The van der Waals surface area contributed by atoms with Crippen LogP contribution in [0.25, 0.3) is 10.2 Å². The van der Waals surface area contributed by atoms with Gasteiger partial charge in [0.1, 0.15) is 11.3 Å². The Bertz CT molecular complexity index is 944.